The van der Waals surface area contributed by atoms with Crippen LogP contribution >= 0.6 is 23.2 Å². The molecule has 0 aliphatic heterocycles. The summed E-state index contributed by atoms with van der Waals surface area (Å²) in [5.74, 6) is 1.57. The van der Waals surface area contributed by atoms with Gasteiger partial charge in [-0.15, -0.1) is 0 Å². The van der Waals surface area contributed by atoms with E-state index in [0.717, 1.165) is 5.56 Å². The van der Waals surface area contributed by atoms with Crippen LogP contribution in [0.1, 0.15) is 31.1 Å². The maximum Gasteiger partial charge on any atom is 0.228 e. The van der Waals surface area contributed by atoms with Crippen molar-refractivity contribution in [2.45, 2.75) is 32.7 Å². The standard InChI is InChI=1S/C14H17Cl2N3O/c1-8(2)12(17)7-14-18-13(19-20-14)6-9-3-4-10(15)11(16)5-9/h3-5,8,12H,6-7,17H2,1-2H3. The van der Waals surface area contributed by atoms with Crippen LogP contribution in [-0.2, 0) is 12.8 Å². The van der Waals surface area contributed by atoms with Crippen LogP contribution in [0.25, 0.3) is 0 Å². The van der Waals surface area contributed by atoms with Gasteiger partial charge in [0.15, 0.2) is 5.82 Å². The molecule has 1 unspecified atom stereocenters. The van der Waals surface area contributed by atoms with Gasteiger partial charge >= 0.3 is 0 Å². The molecule has 0 bridgehead atoms. The van der Waals surface area contributed by atoms with Crippen molar-refractivity contribution in [2.24, 2.45) is 11.7 Å². The largest absolute Gasteiger partial charge is 0.339 e. The van der Waals surface area contributed by atoms with Gasteiger partial charge in [-0.05, 0) is 23.6 Å². The molecular weight excluding hydrogens is 297 g/mol. The Morgan fingerprint density at radius 2 is 2.00 bits per heavy atom. The molecular formula is C14H17Cl2N3O. The second kappa shape index (κ2) is 6.57. The van der Waals surface area contributed by atoms with Gasteiger partial charge in [0, 0.05) is 18.9 Å². The third-order valence-corrected chi connectivity index (χ3v) is 3.86. The first-order chi connectivity index (χ1) is 9.45. The van der Waals surface area contributed by atoms with E-state index in [2.05, 4.69) is 24.0 Å². The van der Waals surface area contributed by atoms with Gasteiger partial charge in [-0.3, -0.25) is 0 Å². The normalized spacial score (nSPS) is 12.9. The van der Waals surface area contributed by atoms with E-state index in [1.807, 2.05) is 6.07 Å². The van der Waals surface area contributed by atoms with Gasteiger partial charge in [0.25, 0.3) is 0 Å². The fourth-order valence-corrected chi connectivity index (χ4v) is 2.04. The number of aromatic nitrogens is 2. The summed E-state index contributed by atoms with van der Waals surface area (Å²) in [5, 5.41) is 5.02. The lowest BCUT2D eigenvalue weighted by molar-refractivity contribution is 0.350. The van der Waals surface area contributed by atoms with Crippen molar-refractivity contribution < 1.29 is 4.52 Å². The molecule has 1 heterocycles. The predicted molar refractivity (Wildman–Crippen MR) is 80.1 cm³/mol. The first kappa shape index (κ1) is 15.3. The minimum absolute atomic E-state index is 0.0216. The molecule has 0 saturated heterocycles. The molecule has 0 aliphatic rings. The maximum atomic E-state index is 5.99. The second-order valence-corrected chi connectivity index (χ2v) is 5.96. The molecule has 0 amide bonds. The zero-order chi connectivity index (χ0) is 14.7. The number of hydrogen-bond acceptors (Lipinski definition) is 4. The monoisotopic (exact) mass is 313 g/mol. The van der Waals surface area contributed by atoms with Crippen molar-refractivity contribution in [3.05, 3.63) is 45.5 Å². The number of rotatable bonds is 5. The van der Waals surface area contributed by atoms with Crippen LogP contribution in [0.15, 0.2) is 22.7 Å². The summed E-state index contributed by atoms with van der Waals surface area (Å²) in [6.45, 7) is 4.13. The van der Waals surface area contributed by atoms with Gasteiger partial charge in [-0.2, -0.15) is 4.98 Å². The topological polar surface area (TPSA) is 64.9 Å². The fraction of sp³-hybridized carbons (Fsp3) is 0.429. The van der Waals surface area contributed by atoms with E-state index >= 15 is 0 Å². The SMILES string of the molecule is CC(C)C(N)Cc1nc(Cc2ccc(Cl)c(Cl)c2)no1. The molecule has 4 nitrogen and oxygen atoms in total. The van der Waals surface area contributed by atoms with E-state index in [-0.39, 0.29) is 6.04 Å². The molecule has 1 atom stereocenters. The van der Waals surface area contributed by atoms with Crippen molar-refractivity contribution in [3.8, 4) is 0 Å². The molecule has 108 valence electrons. The van der Waals surface area contributed by atoms with Crippen molar-refractivity contribution >= 4 is 23.2 Å². The first-order valence-electron chi connectivity index (χ1n) is 6.46. The van der Waals surface area contributed by atoms with Crippen molar-refractivity contribution in [3.63, 3.8) is 0 Å². The van der Waals surface area contributed by atoms with Crippen LogP contribution in [0.4, 0.5) is 0 Å². The molecule has 0 aliphatic carbocycles. The minimum atomic E-state index is 0.0216. The Hall–Kier alpha value is -1.10. The summed E-state index contributed by atoms with van der Waals surface area (Å²) < 4.78 is 5.21. The molecule has 20 heavy (non-hydrogen) atoms. The third kappa shape index (κ3) is 3.95. The molecule has 2 rings (SSSR count). The highest BCUT2D eigenvalue weighted by Crippen LogP contribution is 2.23. The minimum Gasteiger partial charge on any atom is -0.339 e. The van der Waals surface area contributed by atoms with Gasteiger partial charge < -0.3 is 10.3 Å². The van der Waals surface area contributed by atoms with Crippen LogP contribution in [0.3, 0.4) is 0 Å². The number of hydrogen-bond donors (Lipinski definition) is 1. The van der Waals surface area contributed by atoms with Crippen molar-refractivity contribution in [1.29, 1.82) is 0 Å². The fourth-order valence-electron chi connectivity index (χ4n) is 1.71. The molecule has 0 radical (unpaired) electrons. The lowest BCUT2D eigenvalue weighted by atomic mass is 10.0. The number of benzene rings is 1. The van der Waals surface area contributed by atoms with Crippen LogP contribution in [0, 0.1) is 5.92 Å². The van der Waals surface area contributed by atoms with E-state index in [1.54, 1.807) is 12.1 Å². The highest BCUT2D eigenvalue weighted by atomic mass is 35.5. The van der Waals surface area contributed by atoms with Gasteiger partial charge in [0.2, 0.25) is 5.89 Å². The third-order valence-electron chi connectivity index (χ3n) is 3.12. The molecule has 0 spiro atoms. The summed E-state index contributed by atoms with van der Waals surface area (Å²) in [7, 11) is 0. The average Bonchev–Trinajstić information content (AvgIpc) is 2.81. The molecule has 0 fully saturated rings. The zero-order valence-corrected chi connectivity index (χ0v) is 12.9. The summed E-state index contributed by atoms with van der Waals surface area (Å²) in [5.41, 5.74) is 6.97. The first-order valence-corrected chi connectivity index (χ1v) is 7.22. The Kier molecular flexibility index (Phi) is 5.02. The van der Waals surface area contributed by atoms with Crippen LogP contribution in [-0.4, -0.2) is 16.2 Å². The Morgan fingerprint density at radius 3 is 2.65 bits per heavy atom. The lowest BCUT2D eigenvalue weighted by Crippen LogP contribution is -2.28. The van der Waals surface area contributed by atoms with Crippen molar-refractivity contribution in [2.75, 3.05) is 0 Å². The molecule has 1 aromatic heterocycles. The lowest BCUT2D eigenvalue weighted by Gasteiger charge is -2.11. The predicted octanol–water partition coefficient (Wildman–Crippen LogP) is 3.49. The van der Waals surface area contributed by atoms with Gasteiger partial charge in [0.1, 0.15) is 0 Å². The summed E-state index contributed by atoms with van der Waals surface area (Å²) >= 11 is 11.9. The van der Waals surface area contributed by atoms with E-state index in [1.165, 1.54) is 0 Å². The van der Waals surface area contributed by atoms with Crippen LogP contribution < -0.4 is 5.73 Å². The number of nitrogens with zero attached hydrogens (tertiary/aromatic N) is 2. The maximum absolute atomic E-state index is 5.99. The molecule has 0 saturated carbocycles. The molecule has 2 aromatic rings. The Bertz CT molecular complexity index is 584. The summed E-state index contributed by atoms with van der Waals surface area (Å²) in [6, 6.07) is 5.48. The Balaban J connectivity index is 2.03. The van der Waals surface area contributed by atoms with Gasteiger partial charge in [-0.1, -0.05) is 48.3 Å². The second-order valence-electron chi connectivity index (χ2n) is 5.14. The van der Waals surface area contributed by atoms with Crippen LogP contribution in [0.5, 0.6) is 0 Å². The molecule has 2 N–H and O–H groups in total. The summed E-state index contributed by atoms with van der Waals surface area (Å²) in [4.78, 5) is 4.35. The average molecular weight is 314 g/mol. The molecule has 6 heteroatoms. The van der Waals surface area contributed by atoms with E-state index in [4.69, 9.17) is 33.5 Å². The summed E-state index contributed by atoms with van der Waals surface area (Å²) in [6.07, 6.45) is 1.14. The molecule has 1 aromatic carbocycles. The van der Waals surface area contributed by atoms with Gasteiger partial charge in [0.05, 0.1) is 10.0 Å². The zero-order valence-electron chi connectivity index (χ0n) is 11.4. The van der Waals surface area contributed by atoms with Crippen LogP contribution in [0.2, 0.25) is 10.0 Å². The quantitative estimate of drug-likeness (QED) is 0.917. The number of nitrogens with two attached hydrogens (primary N) is 1. The highest BCUT2D eigenvalue weighted by molar-refractivity contribution is 6.42. The number of halogens is 2. The van der Waals surface area contributed by atoms with Crippen molar-refractivity contribution in [1.82, 2.24) is 10.1 Å². The highest BCUT2D eigenvalue weighted by Gasteiger charge is 2.14. The van der Waals surface area contributed by atoms with Gasteiger partial charge in [-0.25, -0.2) is 0 Å². The Labute approximate surface area is 128 Å². The van der Waals surface area contributed by atoms with E-state index < -0.39 is 0 Å². The Morgan fingerprint density at radius 1 is 1.25 bits per heavy atom. The van der Waals surface area contributed by atoms with E-state index in [9.17, 15) is 0 Å². The van der Waals surface area contributed by atoms with E-state index in [0.29, 0.717) is 40.5 Å². The smallest absolute Gasteiger partial charge is 0.228 e.